The molecule has 0 saturated heterocycles. The number of nitriles is 1. The van der Waals surface area contributed by atoms with Gasteiger partial charge < -0.3 is 10.1 Å². The number of hydrogen-bond donors (Lipinski definition) is 1. The molecule has 0 unspecified atom stereocenters. The lowest BCUT2D eigenvalue weighted by molar-refractivity contribution is -0.112. The quantitative estimate of drug-likeness (QED) is 0.446. The largest absolute Gasteiger partial charge is 0.465 e. The maximum Gasteiger partial charge on any atom is 0.340 e. The SMILES string of the molecule is CCCc1cc(C(=O)OC)c(NC(=O)/C(C#N)=C/c2cnn(CC)c2C)s1. The fraction of sp³-hybridized carbons (Fsp3) is 0.368. The minimum atomic E-state index is -0.573. The Balaban J connectivity index is 2.31. The first-order valence-corrected chi connectivity index (χ1v) is 9.43. The van der Waals surface area contributed by atoms with E-state index < -0.39 is 11.9 Å². The first-order chi connectivity index (χ1) is 12.9. The summed E-state index contributed by atoms with van der Waals surface area (Å²) in [4.78, 5) is 25.5. The molecule has 142 valence electrons. The van der Waals surface area contributed by atoms with Gasteiger partial charge in [-0.2, -0.15) is 10.4 Å². The standard InChI is InChI=1S/C19H22N4O3S/c1-5-7-15-9-16(19(25)26-4)18(27-15)22-17(24)13(10-20)8-14-11-21-23(6-2)12(14)3/h8-9,11H,5-7H2,1-4H3,(H,22,24)/b13-8+. The van der Waals surface area contributed by atoms with Crippen molar-refractivity contribution in [1.82, 2.24) is 9.78 Å². The van der Waals surface area contributed by atoms with E-state index in [9.17, 15) is 14.9 Å². The van der Waals surface area contributed by atoms with Crippen molar-refractivity contribution in [1.29, 1.82) is 5.26 Å². The number of hydrogen-bond acceptors (Lipinski definition) is 6. The minimum Gasteiger partial charge on any atom is -0.465 e. The van der Waals surface area contributed by atoms with Crippen molar-refractivity contribution in [2.45, 2.75) is 40.2 Å². The second-order valence-electron chi connectivity index (χ2n) is 5.82. The second kappa shape index (κ2) is 9.14. The number of aryl methyl sites for hydroxylation is 2. The molecule has 0 spiro atoms. The van der Waals surface area contributed by atoms with Crippen molar-refractivity contribution in [3.05, 3.63) is 39.5 Å². The van der Waals surface area contributed by atoms with Gasteiger partial charge in [0.25, 0.3) is 5.91 Å². The van der Waals surface area contributed by atoms with Gasteiger partial charge in [0.05, 0.1) is 18.9 Å². The summed E-state index contributed by atoms with van der Waals surface area (Å²) in [5, 5.41) is 16.7. The molecule has 7 nitrogen and oxygen atoms in total. The van der Waals surface area contributed by atoms with E-state index in [0.717, 1.165) is 23.4 Å². The predicted molar refractivity (Wildman–Crippen MR) is 105 cm³/mol. The second-order valence-corrected chi connectivity index (χ2v) is 6.96. The molecule has 1 N–H and O–H groups in total. The molecule has 1 amide bonds. The van der Waals surface area contributed by atoms with Crippen molar-refractivity contribution < 1.29 is 14.3 Å². The van der Waals surface area contributed by atoms with E-state index in [4.69, 9.17) is 4.74 Å². The molecule has 0 bridgehead atoms. The molecule has 2 rings (SSSR count). The summed E-state index contributed by atoms with van der Waals surface area (Å²) in [5.74, 6) is -1.09. The molecule has 0 fully saturated rings. The number of rotatable bonds is 7. The normalized spacial score (nSPS) is 11.1. The molecular formula is C19H22N4O3S. The van der Waals surface area contributed by atoms with E-state index in [-0.39, 0.29) is 5.57 Å². The number of esters is 1. The zero-order valence-corrected chi connectivity index (χ0v) is 16.6. The smallest absolute Gasteiger partial charge is 0.340 e. The van der Waals surface area contributed by atoms with Crippen LogP contribution in [-0.4, -0.2) is 28.8 Å². The molecule has 0 aromatic carbocycles. The monoisotopic (exact) mass is 386 g/mol. The summed E-state index contributed by atoms with van der Waals surface area (Å²) < 4.78 is 6.57. The van der Waals surface area contributed by atoms with Crippen molar-refractivity contribution in [2.24, 2.45) is 0 Å². The summed E-state index contributed by atoms with van der Waals surface area (Å²) in [7, 11) is 1.29. The van der Waals surface area contributed by atoms with Crippen LogP contribution in [0.4, 0.5) is 5.00 Å². The van der Waals surface area contributed by atoms with E-state index >= 15 is 0 Å². The van der Waals surface area contributed by atoms with Crippen molar-refractivity contribution in [2.75, 3.05) is 12.4 Å². The summed E-state index contributed by atoms with van der Waals surface area (Å²) in [6, 6.07) is 3.64. The van der Waals surface area contributed by atoms with Crippen LogP contribution in [0.15, 0.2) is 17.8 Å². The predicted octanol–water partition coefficient (Wildman–Crippen LogP) is 3.56. The van der Waals surface area contributed by atoms with Gasteiger partial charge in [-0.25, -0.2) is 4.79 Å². The van der Waals surface area contributed by atoms with Gasteiger partial charge >= 0.3 is 5.97 Å². The van der Waals surface area contributed by atoms with Crippen LogP contribution >= 0.6 is 11.3 Å². The average Bonchev–Trinajstić information content (AvgIpc) is 3.22. The van der Waals surface area contributed by atoms with Crippen LogP contribution in [0.1, 0.15) is 46.8 Å². The number of methoxy groups -OCH3 is 1. The number of anilines is 1. The number of aromatic nitrogens is 2. The molecule has 0 aliphatic carbocycles. The van der Waals surface area contributed by atoms with Crippen LogP contribution in [-0.2, 0) is 22.5 Å². The lowest BCUT2D eigenvalue weighted by Gasteiger charge is -2.04. The lowest BCUT2D eigenvalue weighted by atomic mass is 10.1. The fourth-order valence-electron chi connectivity index (χ4n) is 2.56. The molecule has 27 heavy (non-hydrogen) atoms. The Hall–Kier alpha value is -2.92. The van der Waals surface area contributed by atoms with Crippen molar-refractivity contribution in [3.63, 3.8) is 0 Å². The summed E-state index contributed by atoms with van der Waals surface area (Å²) in [5.41, 5.74) is 1.81. The van der Waals surface area contributed by atoms with Crippen molar-refractivity contribution in [3.8, 4) is 6.07 Å². The molecule has 0 atom stereocenters. The van der Waals surface area contributed by atoms with Gasteiger partial charge in [0.1, 0.15) is 16.6 Å². The van der Waals surface area contributed by atoms with Crippen LogP contribution in [0.25, 0.3) is 6.08 Å². The van der Waals surface area contributed by atoms with Crippen LogP contribution in [0.3, 0.4) is 0 Å². The maximum absolute atomic E-state index is 12.6. The molecule has 2 aromatic heterocycles. The number of nitrogens with one attached hydrogen (secondary N) is 1. The Kier molecular flexibility index (Phi) is 6.91. The fourth-order valence-corrected chi connectivity index (χ4v) is 3.70. The third-order valence-electron chi connectivity index (χ3n) is 4.02. The van der Waals surface area contributed by atoms with E-state index in [0.29, 0.717) is 22.7 Å². The highest BCUT2D eigenvalue weighted by Gasteiger charge is 2.20. The Morgan fingerprint density at radius 3 is 2.74 bits per heavy atom. The Labute approximate surface area is 162 Å². The van der Waals surface area contributed by atoms with Crippen molar-refractivity contribution >= 4 is 34.3 Å². The van der Waals surface area contributed by atoms with Gasteiger partial charge in [-0.05, 0) is 32.4 Å². The number of carbonyl (C=O) groups excluding carboxylic acids is 2. The third kappa shape index (κ3) is 4.63. The molecule has 0 aliphatic rings. The Bertz CT molecular complexity index is 918. The Morgan fingerprint density at radius 2 is 2.19 bits per heavy atom. The maximum atomic E-state index is 12.6. The number of thiophene rings is 1. The number of ether oxygens (including phenoxy) is 1. The van der Waals surface area contributed by atoms with Crippen LogP contribution in [0.5, 0.6) is 0 Å². The third-order valence-corrected chi connectivity index (χ3v) is 5.13. The highest BCUT2D eigenvalue weighted by molar-refractivity contribution is 7.16. The molecule has 2 aromatic rings. The van der Waals surface area contributed by atoms with Crippen LogP contribution in [0, 0.1) is 18.3 Å². The average molecular weight is 386 g/mol. The van der Waals surface area contributed by atoms with Gasteiger partial charge in [0.15, 0.2) is 0 Å². The van der Waals surface area contributed by atoms with Crippen LogP contribution in [0.2, 0.25) is 0 Å². The zero-order chi connectivity index (χ0) is 20.0. The first kappa shape index (κ1) is 20.4. The molecule has 8 heteroatoms. The summed E-state index contributed by atoms with van der Waals surface area (Å²) >= 11 is 1.32. The number of carbonyl (C=O) groups is 2. The van der Waals surface area contributed by atoms with E-state index in [1.807, 2.05) is 26.8 Å². The molecular weight excluding hydrogens is 364 g/mol. The number of nitrogens with zero attached hydrogens (tertiary/aromatic N) is 3. The van der Waals surface area contributed by atoms with Crippen LogP contribution < -0.4 is 5.32 Å². The molecule has 0 radical (unpaired) electrons. The lowest BCUT2D eigenvalue weighted by Crippen LogP contribution is -2.15. The topological polar surface area (TPSA) is 97.0 Å². The highest BCUT2D eigenvalue weighted by Crippen LogP contribution is 2.30. The molecule has 0 aliphatic heterocycles. The van der Waals surface area contributed by atoms with E-state index in [2.05, 4.69) is 10.4 Å². The van der Waals surface area contributed by atoms with Gasteiger partial charge in [0, 0.05) is 22.7 Å². The van der Waals surface area contributed by atoms with Gasteiger partial charge in [-0.3, -0.25) is 9.48 Å². The first-order valence-electron chi connectivity index (χ1n) is 8.61. The van der Waals surface area contributed by atoms with E-state index in [1.54, 1.807) is 16.9 Å². The summed E-state index contributed by atoms with van der Waals surface area (Å²) in [6.45, 7) is 6.57. The number of amides is 1. The van der Waals surface area contributed by atoms with E-state index in [1.165, 1.54) is 24.5 Å². The van der Waals surface area contributed by atoms with Gasteiger partial charge in [-0.15, -0.1) is 11.3 Å². The molecule has 0 saturated carbocycles. The van der Waals surface area contributed by atoms with Gasteiger partial charge in [-0.1, -0.05) is 13.3 Å². The zero-order valence-electron chi connectivity index (χ0n) is 15.8. The summed E-state index contributed by atoms with van der Waals surface area (Å²) in [6.07, 6.45) is 4.83. The highest BCUT2D eigenvalue weighted by atomic mass is 32.1. The Morgan fingerprint density at radius 1 is 1.44 bits per heavy atom. The minimum absolute atomic E-state index is 0.0602. The molecule has 2 heterocycles. The van der Waals surface area contributed by atoms with Gasteiger partial charge in [0.2, 0.25) is 0 Å².